The van der Waals surface area contributed by atoms with Crippen molar-refractivity contribution >= 4 is 22.6 Å². The monoisotopic (exact) mass is 234 g/mol. The van der Waals surface area contributed by atoms with Crippen LogP contribution in [0.25, 0.3) is 11.0 Å². The molecule has 1 heterocycles. The van der Waals surface area contributed by atoms with Crippen molar-refractivity contribution in [2.75, 3.05) is 0 Å². The molecule has 2 aromatic rings. The van der Waals surface area contributed by atoms with Gasteiger partial charge in [0, 0.05) is 6.04 Å². The van der Waals surface area contributed by atoms with Gasteiger partial charge in [-0.05, 0) is 38.3 Å². The summed E-state index contributed by atoms with van der Waals surface area (Å²) in [5.41, 5.74) is 2.30. The van der Waals surface area contributed by atoms with Crippen LogP contribution in [-0.2, 0) is 0 Å². The molecule has 84 valence electrons. The first-order valence-corrected chi connectivity index (χ1v) is 6.32. The van der Waals surface area contributed by atoms with Crippen molar-refractivity contribution in [2.45, 2.75) is 37.6 Å². The summed E-state index contributed by atoms with van der Waals surface area (Å²) in [6.45, 7) is 2.00. The fourth-order valence-electron chi connectivity index (χ4n) is 2.37. The molecule has 2 nitrogen and oxygen atoms in total. The summed E-state index contributed by atoms with van der Waals surface area (Å²) >= 11 is 6.22. The van der Waals surface area contributed by atoms with Crippen molar-refractivity contribution in [1.82, 2.24) is 9.55 Å². The normalized spacial score (nSPS) is 18.6. The molecule has 3 rings (SSSR count). The molecule has 1 saturated carbocycles. The number of alkyl halides is 1. The van der Waals surface area contributed by atoms with E-state index in [4.69, 9.17) is 11.6 Å². The van der Waals surface area contributed by atoms with Gasteiger partial charge < -0.3 is 4.57 Å². The molecule has 16 heavy (non-hydrogen) atoms. The topological polar surface area (TPSA) is 17.8 Å². The van der Waals surface area contributed by atoms with Crippen LogP contribution in [-0.4, -0.2) is 9.55 Å². The molecule has 0 N–H and O–H groups in total. The highest BCUT2D eigenvalue weighted by Crippen LogP contribution is 2.37. The van der Waals surface area contributed by atoms with Crippen LogP contribution < -0.4 is 0 Å². The van der Waals surface area contributed by atoms with Crippen LogP contribution >= 0.6 is 11.6 Å². The van der Waals surface area contributed by atoms with Gasteiger partial charge in [0.1, 0.15) is 5.82 Å². The smallest absolute Gasteiger partial charge is 0.127 e. The van der Waals surface area contributed by atoms with Crippen LogP contribution in [0.1, 0.15) is 43.4 Å². The molecule has 1 fully saturated rings. The zero-order valence-corrected chi connectivity index (χ0v) is 10.1. The summed E-state index contributed by atoms with van der Waals surface area (Å²) in [4.78, 5) is 4.65. The van der Waals surface area contributed by atoms with Crippen molar-refractivity contribution < 1.29 is 0 Å². The number of imidazole rings is 1. The molecular weight excluding hydrogens is 220 g/mol. The fraction of sp³-hybridized carbons (Fsp3) is 0.462. The molecule has 0 aliphatic heterocycles. The summed E-state index contributed by atoms with van der Waals surface area (Å²) in [6, 6.07) is 8.92. The number of nitrogens with zero attached hydrogens (tertiary/aromatic N) is 2. The van der Waals surface area contributed by atoms with Crippen LogP contribution in [0, 0.1) is 0 Å². The second-order valence-corrected chi connectivity index (χ2v) is 5.18. The standard InChI is InChI=1S/C13H15ClN2/c1-9(14)13-15-11-7-2-3-8-12(11)16(13)10-5-4-6-10/h2-3,7-10H,4-6H2,1H3. The van der Waals surface area contributed by atoms with E-state index in [9.17, 15) is 0 Å². The first kappa shape index (κ1) is 10.2. The quantitative estimate of drug-likeness (QED) is 0.717. The molecule has 0 spiro atoms. The Morgan fingerprint density at radius 2 is 2.12 bits per heavy atom. The summed E-state index contributed by atoms with van der Waals surface area (Å²) in [7, 11) is 0. The maximum absolute atomic E-state index is 6.22. The maximum atomic E-state index is 6.22. The molecule has 0 saturated heterocycles. The Morgan fingerprint density at radius 3 is 2.75 bits per heavy atom. The van der Waals surface area contributed by atoms with Gasteiger partial charge in [-0.15, -0.1) is 11.6 Å². The van der Waals surface area contributed by atoms with Gasteiger partial charge in [-0.3, -0.25) is 0 Å². The minimum Gasteiger partial charge on any atom is -0.324 e. The van der Waals surface area contributed by atoms with Gasteiger partial charge in [-0.25, -0.2) is 4.98 Å². The summed E-state index contributed by atoms with van der Waals surface area (Å²) in [5.74, 6) is 1.02. The third kappa shape index (κ3) is 1.44. The van der Waals surface area contributed by atoms with Gasteiger partial charge in [0.25, 0.3) is 0 Å². The van der Waals surface area contributed by atoms with Crippen LogP contribution in [0.5, 0.6) is 0 Å². The third-order valence-electron chi connectivity index (χ3n) is 3.42. The van der Waals surface area contributed by atoms with E-state index < -0.39 is 0 Å². The minimum absolute atomic E-state index is 0.0204. The Balaban J connectivity index is 2.23. The SMILES string of the molecule is CC(Cl)c1nc2ccccc2n1C1CCC1. The lowest BCUT2D eigenvalue weighted by molar-refractivity contribution is 0.313. The molecule has 1 aliphatic rings. The molecule has 1 aromatic carbocycles. The van der Waals surface area contributed by atoms with E-state index >= 15 is 0 Å². The van der Waals surface area contributed by atoms with Gasteiger partial charge in [0.15, 0.2) is 0 Å². The predicted octanol–water partition coefficient (Wildman–Crippen LogP) is 4.06. The molecule has 1 aromatic heterocycles. The lowest BCUT2D eigenvalue weighted by atomic mass is 9.92. The van der Waals surface area contributed by atoms with Crippen molar-refractivity contribution in [1.29, 1.82) is 0 Å². The van der Waals surface area contributed by atoms with Crippen molar-refractivity contribution in [3.8, 4) is 0 Å². The zero-order chi connectivity index (χ0) is 11.1. The molecule has 1 unspecified atom stereocenters. The molecule has 0 amide bonds. The van der Waals surface area contributed by atoms with Crippen LogP contribution in [0.15, 0.2) is 24.3 Å². The Hall–Kier alpha value is -1.02. The lowest BCUT2D eigenvalue weighted by Gasteiger charge is -2.29. The molecule has 0 radical (unpaired) electrons. The number of fused-ring (bicyclic) bond motifs is 1. The van der Waals surface area contributed by atoms with E-state index in [1.807, 2.05) is 13.0 Å². The summed E-state index contributed by atoms with van der Waals surface area (Å²) < 4.78 is 2.34. The fourth-order valence-corrected chi connectivity index (χ4v) is 2.53. The summed E-state index contributed by atoms with van der Waals surface area (Å²) in [5, 5.41) is -0.0204. The second kappa shape index (κ2) is 3.77. The first-order valence-electron chi connectivity index (χ1n) is 5.88. The third-order valence-corrected chi connectivity index (χ3v) is 3.61. The maximum Gasteiger partial charge on any atom is 0.127 e. The van der Waals surface area contributed by atoms with Crippen LogP contribution in [0.2, 0.25) is 0 Å². The van der Waals surface area contributed by atoms with E-state index in [2.05, 4.69) is 27.8 Å². The van der Waals surface area contributed by atoms with Gasteiger partial charge in [-0.2, -0.15) is 0 Å². The number of hydrogen-bond donors (Lipinski definition) is 0. The number of halogens is 1. The second-order valence-electron chi connectivity index (χ2n) is 4.53. The largest absolute Gasteiger partial charge is 0.324 e. The molecular formula is C13H15ClN2. The van der Waals surface area contributed by atoms with E-state index in [0.29, 0.717) is 6.04 Å². The van der Waals surface area contributed by atoms with Gasteiger partial charge >= 0.3 is 0 Å². The highest BCUT2D eigenvalue weighted by molar-refractivity contribution is 6.20. The number of benzene rings is 1. The first-order chi connectivity index (χ1) is 7.77. The van der Waals surface area contributed by atoms with Crippen LogP contribution in [0.4, 0.5) is 0 Å². The van der Waals surface area contributed by atoms with E-state index in [1.54, 1.807) is 0 Å². The Labute approximate surface area is 100 Å². The highest BCUT2D eigenvalue weighted by atomic mass is 35.5. The molecule has 0 bridgehead atoms. The number of aromatic nitrogens is 2. The van der Waals surface area contributed by atoms with Crippen molar-refractivity contribution in [3.05, 3.63) is 30.1 Å². The van der Waals surface area contributed by atoms with Gasteiger partial charge in [0.05, 0.1) is 16.4 Å². The van der Waals surface area contributed by atoms with Gasteiger partial charge in [-0.1, -0.05) is 12.1 Å². The lowest BCUT2D eigenvalue weighted by Crippen LogP contribution is -2.19. The molecule has 1 aliphatic carbocycles. The summed E-state index contributed by atoms with van der Waals surface area (Å²) in [6.07, 6.45) is 3.85. The van der Waals surface area contributed by atoms with Crippen molar-refractivity contribution in [3.63, 3.8) is 0 Å². The molecule has 3 heteroatoms. The Bertz CT molecular complexity index is 512. The molecule has 1 atom stereocenters. The van der Waals surface area contributed by atoms with E-state index in [1.165, 1.54) is 24.8 Å². The number of rotatable bonds is 2. The average molecular weight is 235 g/mol. The zero-order valence-electron chi connectivity index (χ0n) is 9.36. The minimum atomic E-state index is -0.0204. The number of hydrogen-bond acceptors (Lipinski definition) is 1. The van der Waals surface area contributed by atoms with E-state index in [0.717, 1.165) is 11.3 Å². The Kier molecular flexibility index (Phi) is 2.40. The van der Waals surface area contributed by atoms with E-state index in [-0.39, 0.29) is 5.38 Å². The average Bonchev–Trinajstić information content (AvgIpc) is 2.56. The predicted molar refractivity (Wildman–Crippen MR) is 66.9 cm³/mol. The number of para-hydroxylation sites is 2. The van der Waals surface area contributed by atoms with Crippen LogP contribution in [0.3, 0.4) is 0 Å². The van der Waals surface area contributed by atoms with Crippen molar-refractivity contribution in [2.24, 2.45) is 0 Å². The highest BCUT2D eigenvalue weighted by Gasteiger charge is 2.25. The Morgan fingerprint density at radius 1 is 1.38 bits per heavy atom. The van der Waals surface area contributed by atoms with Gasteiger partial charge in [0.2, 0.25) is 0 Å².